The van der Waals surface area contributed by atoms with Crippen LogP contribution in [0.1, 0.15) is 16.8 Å². The number of benzene rings is 4. The molecule has 0 unspecified atom stereocenters. The first-order chi connectivity index (χ1) is 14.2. The van der Waals surface area contributed by atoms with Gasteiger partial charge in [-0.2, -0.15) is 0 Å². The lowest BCUT2D eigenvalue weighted by atomic mass is 9.95. The topological polar surface area (TPSA) is 20.3 Å². The molecular formula is C26H22NOP. The van der Waals surface area contributed by atoms with E-state index in [0.29, 0.717) is 0 Å². The molecule has 0 bridgehead atoms. The zero-order valence-corrected chi connectivity index (χ0v) is 17.2. The fraction of sp³-hybridized carbons (Fsp3) is 0.0769. The van der Waals surface area contributed by atoms with Crippen molar-refractivity contribution in [3.05, 3.63) is 120 Å². The maximum Gasteiger partial charge on any atom is 0.154 e. The standard InChI is InChI=1S/C26H22NOP/c1-27-24-18-10-8-16-22(24)26(23-17-9-11-19-25(23)27)29(28,20-12-4-2-5-13-20)21-14-6-3-7-15-21/h2-19,26H,1H3. The monoisotopic (exact) mass is 395 g/mol. The molecule has 0 spiro atoms. The van der Waals surface area contributed by atoms with Gasteiger partial charge < -0.3 is 9.46 Å². The van der Waals surface area contributed by atoms with Crippen LogP contribution in [-0.4, -0.2) is 7.05 Å². The number of anilines is 2. The normalized spacial score (nSPS) is 13.6. The molecule has 142 valence electrons. The van der Waals surface area contributed by atoms with Crippen molar-refractivity contribution < 1.29 is 4.57 Å². The van der Waals surface area contributed by atoms with Gasteiger partial charge in [-0.15, -0.1) is 0 Å². The highest BCUT2D eigenvalue weighted by Gasteiger charge is 2.43. The smallest absolute Gasteiger partial charge is 0.154 e. The largest absolute Gasteiger partial charge is 0.344 e. The molecular weight excluding hydrogens is 373 g/mol. The number of hydrogen-bond acceptors (Lipinski definition) is 2. The summed E-state index contributed by atoms with van der Waals surface area (Å²) in [6.45, 7) is 0. The maximum absolute atomic E-state index is 15.2. The van der Waals surface area contributed by atoms with Crippen molar-refractivity contribution in [1.29, 1.82) is 0 Å². The molecule has 0 saturated carbocycles. The molecule has 1 heterocycles. The van der Waals surface area contributed by atoms with Gasteiger partial charge in [-0.3, -0.25) is 0 Å². The van der Waals surface area contributed by atoms with Crippen molar-refractivity contribution in [3.8, 4) is 0 Å². The fourth-order valence-corrected chi connectivity index (χ4v) is 7.83. The Kier molecular flexibility index (Phi) is 4.38. The molecule has 1 aliphatic rings. The van der Waals surface area contributed by atoms with Crippen LogP contribution in [0.25, 0.3) is 0 Å². The number of fused-ring (bicyclic) bond motifs is 2. The highest BCUT2D eigenvalue weighted by atomic mass is 31.2. The molecule has 29 heavy (non-hydrogen) atoms. The van der Waals surface area contributed by atoms with E-state index < -0.39 is 7.14 Å². The predicted molar refractivity (Wildman–Crippen MR) is 123 cm³/mol. The van der Waals surface area contributed by atoms with Gasteiger partial charge in [-0.25, -0.2) is 0 Å². The Morgan fingerprint density at radius 3 is 1.41 bits per heavy atom. The minimum absolute atomic E-state index is 0.226. The van der Waals surface area contributed by atoms with Crippen molar-refractivity contribution >= 4 is 29.1 Å². The average Bonchev–Trinajstić information content (AvgIpc) is 2.80. The Labute approximate surface area is 171 Å². The second-order valence-electron chi connectivity index (χ2n) is 7.41. The number of para-hydroxylation sites is 2. The quantitative estimate of drug-likeness (QED) is 0.404. The van der Waals surface area contributed by atoms with Gasteiger partial charge in [0.1, 0.15) is 0 Å². The Bertz CT molecular complexity index is 1110. The van der Waals surface area contributed by atoms with Crippen molar-refractivity contribution in [1.82, 2.24) is 0 Å². The second kappa shape index (κ2) is 7.06. The first-order valence-electron chi connectivity index (χ1n) is 9.84. The van der Waals surface area contributed by atoms with Gasteiger partial charge in [0, 0.05) is 29.0 Å². The van der Waals surface area contributed by atoms with Crippen molar-refractivity contribution in [2.45, 2.75) is 5.66 Å². The highest BCUT2D eigenvalue weighted by Crippen LogP contribution is 2.64. The molecule has 4 aromatic rings. The lowest BCUT2D eigenvalue weighted by Gasteiger charge is -2.39. The summed E-state index contributed by atoms with van der Waals surface area (Å²) in [5.41, 5.74) is 4.23. The third kappa shape index (κ3) is 2.75. The van der Waals surface area contributed by atoms with Gasteiger partial charge in [0.2, 0.25) is 0 Å². The van der Waals surface area contributed by atoms with Crippen molar-refractivity contribution in [2.24, 2.45) is 0 Å². The van der Waals surface area contributed by atoms with Crippen molar-refractivity contribution in [3.63, 3.8) is 0 Å². The van der Waals surface area contributed by atoms with E-state index in [2.05, 4.69) is 48.3 Å². The van der Waals surface area contributed by atoms with Gasteiger partial charge in [-0.05, 0) is 23.3 Å². The van der Waals surface area contributed by atoms with Crippen LogP contribution in [0, 0.1) is 0 Å². The van der Waals surface area contributed by atoms with Crippen LogP contribution in [0.2, 0.25) is 0 Å². The van der Waals surface area contributed by atoms with E-state index in [-0.39, 0.29) is 5.66 Å². The number of rotatable bonds is 3. The fourth-order valence-electron chi connectivity index (χ4n) is 4.48. The molecule has 4 aromatic carbocycles. The molecule has 0 atom stereocenters. The first kappa shape index (κ1) is 18.0. The summed E-state index contributed by atoms with van der Waals surface area (Å²) in [5.74, 6) is 0. The summed E-state index contributed by atoms with van der Waals surface area (Å²) in [5, 5.41) is 1.79. The van der Waals surface area contributed by atoms with E-state index in [1.165, 1.54) is 0 Å². The van der Waals surface area contributed by atoms with E-state index in [1.807, 2.05) is 72.8 Å². The molecule has 0 fully saturated rings. The summed E-state index contributed by atoms with van der Waals surface area (Å²) in [6.07, 6.45) is 0. The molecule has 0 aromatic heterocycles. The van der Waals surface area contributed by atoms with E-state index >= 15 is 4.57 Å². The van der Waals surface area contributed by atoms with Gasteiger partial charge in [0.05, 0.1) is 5.66 Å². The molecule has 0 amide bonds. The van der Waals surface area contributed by atoms with E-state index in [4.69, 9.17) is 0 Å². The summed E-state index contributed by atoms with van der Waals surface area (Å²) >= 11 is 0. The molecule has 0 radical (unpaired) electrons. The van der Waals surface area contributed by atoms with Crippen LogP contribution < -0.4 is 15.5 Å². The number of hydrogen-bond donors (Lipinski definition) is 0. The molecule has 5 rings (SSSR count). The minimum Gasteiger partial charge on any atom is -0.344 e. The second-order valence-corrected chi connectivity index (χ2v) is 10.3. The summed E-state index contributed by atoms with van der Waals surface area (Å²) in [7, 11) is -0.930. The maximum atomic E-state index is 15.2. The summed E-state index contributed by atoms with van der Waals surface area (Å²) < 4.78 is 15.2. The Balaban J connectivity index is 1.87. The van der Waals surface area contributed by atoms with E-state index in [1.54, 1.807) is 0 Å². The minimum atomic E-state index is -3.02. The van der Waals surface area contributed by atoms with Crippen LogP contribution in [0.5, 0.6) is 0 Å². The third-order valence-electron chi connectivity index (χ3n) is 5.83. The average molecular weight is 395 g/mol. The molecule has 0 saturated heterocycles. The summed E-state index contributed by atoms with van der Waals surface area (Å²) in [6, 6.07) is 36.7. The van der Waals surface area contributed by atoms with Gasteiger partial charge in [0.25, 0.3) is 0 Å². The molecule has 0 aliphatic carbocycles. The molecule has 3 heteroatoms. The van der Waals surface area contributed by atoms with Crippen LogP contribution in [0.4, 0.5) is 11.4 Å². The summed E-state index contributed by atoms with van der Waals surface area (Å²) in [4.78, 5) is 2.21. The molecule has 0 N–H and O–H groups in total. The Morgan fingerprint density at radius 1 is 0.586 bits per heavy atom. The van der Waals surface area contributed by atoms with Crippen LogP contribution >= 0.6 is 7.14 Å². The SMILES string of the molecule is CN1c2ccccc2C(P(=O)(c2ccccc2)c2ccccc2)c2ccccc21. The van der Waals surface area contributed by atoms with E-state index in [0.717, 1.165) is 33.1 Å². The first-order valence-corrected chi connectivity index (χ1v) is 11.6. The lowest BCUT2D eigenvalue weighted by Crippen LogP contribution is -2.28. The van der Waals surface area contributed by atoms with Crippen molar-refractivity contribution in [2.75, 3.05) is 11.9 Å². The Hall–Kier alpha value is -3.09. The predicted octanol–water partition coefficient (Wildman–Crippen LogP) is 5.87. The van der Waals surface area contributed by atoms with Crippen LogP contribution in [0.15, 0.2) is 109 Å². The molecule has 2 nitrogen and oxygen atoms in total. The highest BCUT2D eigenvalue weighted by molar-refractivity contribution is 7.79. The lowest BCUT2D eigenvalue weighted by molar-refractivity contribution is 0.582. The zero-order chi connectivity index (χ0) is 19.8. The Morgan fingerprint density at radius 2 is 0.966 bits per heavy atom. The van der Waals surface area contributed by atoms with Crippen LogP contribution in [0.3, 0.4) is 0 Å². The molecule has 1 aliphatic heterocycles. The third-order valence-corrected chi connectivity index (χ3v) is 9.24. The van der Waals surface area contributed by atoms with Gasteiger partial charge >= 0.3 is 0 Å². The zero-order valence-electron chi connectivity index (χ0n) is 16.3. The van der Waals surface area contributed by atoms with Gasteiger partial charge in [-0.1, -0.05) is 97.1 Å². The van der Waals surface area contributed by atoms with E-state index in [9.17, 15) is 0 Å². The van der Waals surface area contributed by atoms with Gasteiger partial charge in [0.15, 0.2) is 7.14 Å². The number of nitrogens with zero attached hydrogens (tertiary/aromatic N) is 1. The van der Waals surface area contributed by atoms with Crippen LogP contribution in [-0.2, 0) is 4.57 Å².